The van der Waals surface area contributed by atoms with Crippen molar-refractivity contribution in [2.24, 2.45) is 0 Å². The summed E-state index contributed by atoms with van der Waals surface area (Å²) in [6.07, 6.45) is -3.52. The molecule has 0 unspecified atom stereocenters. The summed E-state index contributed by atoms with van der Waals surface area (Å²) in [5, 5.41) is 15.7. The maximum Gasteiger partial charge on any atom is 0.507 e. The molecule has 2 aromatic rings. The first kappa shape index (κ1) is 30.3. The average Bonchev–Trinajstić information content (AvgIpc) is 2.73. The van der Waals surface area contributed by atoms with E-state index in [-0.39, 0.29) is 24.8 Å². The van der Waals surface area contributed by atoms with Gasteiger partial charge in [0.05, 0.1) is 13.7 Å². The van der Waals surface area contributed by atoms with Crippen LogP contribution in [0.3, 0.4) is 0 Å². The Morgan fingerprint density at radius 1 is 0.812 bits per heavy atom. The highest BCUT2D eigenvalue weighted by atomic mass is 19.1. The predicted molar refractivity (Wildman–Crippen MR) is 110 cm³/mol. The lowest BCUT2D eigenvalue weighted by Gasteiger charge is -1.98. The maximum atomic E-state index is 12.2. The molecule has 9 nitrogen and oxygen atoms in total. The molecule has 2 N–H and O–H groups in total. The third-order valence-electron chi connectivity index (χ3n) is 2.68. The van der Waals surface area contributed by atoms with Crippen LogP contribution < -0.4 is 0 Å². The number of carbonyl (C=O) groups excluding carboxylic acids is 1. The summed E-state index contributed by atoms with van der Waals surface area (Å²) in [6, 6.07) is 14.4. The van der Waals surface area contributed by atoms with Crippen molar-refractivity contribution in [3.05, 3.63) is 71.8 Å². The van der Waals surface area contributed by atoms with E-state index in [1.54, 1.807) is 31.2 Å². The number of ether oxygens (including phenoxy) is 4. The average molecular weight is 460 g/mol. The number of aryl methyl sites for hydroxylation is 1. The lowest BCUT2D eigenvalue weighted by molar-refractivity contribution is 0.0472. The second kappa shape index (κ2) is 20.4. The molecule has 178 valence electrons. The Labute approximate surface area is 184 Å². The number of carboxylic acid groups (broad SMARTS) is 2. The van der Waals surface area contributed by atoms with Crippen LogP contribution in [-0.2, 0) is 18.9 Å². The zero-order valence-electron chi connectivity index (χ0n) is 17.8. The topological polar surface area (TPSA) is 129 Å². The van der Waals surface area contributed by atoms with Crippen LogP contribution in [0, 0.1) is 18.6 Å². The third kappa shape index (κ3) is 24.1. The number of benzene rings is 2. The first-order valence-corrected chi connectivity index (χ1v) is 8.97. The quantitative estimate of drug-likeness (QED) is 0.363. The molecule has 0 amide bonds. The number of hydrogen-bond acceptors (Lipinski definition) is 7. The molecule has 0 aliphatic rings. The zero-order valence-corrected chi connectivity index (χ0v) is 17.8. The fourth-order valence-corrected chi connectivity index (χ4v) is 1.45. The van der Waals surface area contributed by atoms with Crippen LogP contribution in [0.5, 0.6) is 0 Å². The van der Waals surface area contributed by atoms with E-state index in [9.17, 15) is 23.2 Å². The molecule has 0 radical (unpaired) electrons. The second-order valence-electron chi connectivity index (χ2n) is 5.21. The van der Waals surface area contributed by atoms with Gasteiger partial charge in [-0.2, -0.15) is 0 Å². The van der Waals surface area contributed by atoms with Crippen LogP contribution in [0.15, 0.2) is 54.6 Å². The molecule has 0 bridgehead atoms. The van der Waals surface area contributed by atoms with Gasteiger partial charge in [-0.25, -0.2) is 23.2 Å². The van der Waals surface area contributed by atoms with Gasteiger partial charge in [0.2, 0.25) is 0 Å². The highest BCUT2D eigenvalue weighted by molar-refractivity contribution is 5.59. The molecule has 0 atom stereocenters. The van der Waals surface area contributed by atoms with E-state index in [2.05, 4.69) is 18.9 Å². The molecule has 11 heteroatoms. The van der Waals surface area contributed by atoms with Crippen LogP contribution in [0.4, 0.5) is 23.2 Å². The largest absolute Gasteiger partial charge is 0.507 e. The van der Waals surface area contributed by atoms with Crippen LogP contribution >= 0.6 is 0 Å². The minimum Gasteiger partial charge on any atom is -0.450 e. The Morgan fingerprint density at radius 3 is 1.56 bits per heavy atom. The number of rotatable bonds is 4. The molecular formula is C21H26F2O9. The highest BCUT2D eigenvalue weighted by Gasteiger charge is 1.98. The highest BCUT2D eigenvalue weighted by Crippen LogP contribution is 1.99. The summed E-state index contributed by atoms with van der Waals surface area (Å²) >= 11 is 0. The Kier molecular flexibility index (Phi) is 19.3. The van der Waals surface area contributed by atoms with Crippen molar-refractivity contribution in [1.29, 1.82) is 0 Å². The smallest absolute Gasteiger partial charge is 0.450 e. The lowest BCUT2D eigenvalue weighted by Crippen LogP contribution is -2.10. The molecule has 0 spiro atoms. The maximum absolute atomic E-state index is 12.2. The van der Waals surface area contributed by atoms with E-state index in [4.69, 9.17) is 10.2 Å². The predicted octanol–water partition coefficient (Wildman–Crippen LogP) is 5.12. The fraction of sp³-hybridized carbons (Fsp3) is 0.286. The van der Waals surface area contributed by atoms with E-state index >= 15 is 0 Å². The monoisotopic (exact) mass is 460 g/mol. The third-order valence-corrected chi connectivity index (χ3v) is 2.68. The number of methoxy groups -OCH3 is 1. The molecule has 0 aliphatic carbocycles. The molecule has 0 saturated carbocycles. The summed E-state index contributed by atoms with van der Waals surface area (Å²) < 4.78 is 40.4. The van der Waals surface area contributed by atoms with E-state index in [1.807, 2.05) is 13.0 Å². The Hall–Kier alpha value is -3.89. The Morgan fingerprint density at radius 2 is 1.31 bits per heavy atom. The second-order valence-corrected chi connectivity index (χ2v) is 5.21. The van der Waals surface area contributed by atoms with Gasteiger partial charge in [-0.05, 0) is 43.7 Å². The summed E-state index contributed by atoms with van der Waals surface area (Å²) in [6.45, 7) is 3.40. The van der Waals surface area contributed by atoms with E-state index in [0.29, 0.717) is 6.61 Å². The van der Waals surface area contributed by atoms with Crippen molar-refractivity contribution in [3.8, 4) is 0 Å². The fourth-order valence-electron chi connectivity index (χ4n) is 1.45. The van der Waals surface area contributed by atoms with Crippen molar-refractivity contribution >= 4 is 18.5 Å². The van der Waals surface area contributed by atoms with Crippen LogP contribution in [0.1, 0.15) is 12.5 Å². The summed E-state index contributed by atoms with van der Waals surface area (Å²) in [5.74, 6) is -0.340. The lowest BCUT2D eigenvalue weighted by atomic mass is 10.2. The molecule has 0 heterocycles. The molecule has 0 fully saturated rings. The summed E-state index contributed by atoms with van der Waals surface area (Å²) in [5.41, 5.74) is 0.963. The van der Waals surface area contributed by atoms with Gasteiger partial charge in [0.15, 0.2) is 0 Å². The number of hydrogen-bond donors (Lipinski definition) is 2. The van der Waals surface area contributed by atoms with E-state index < -0.39 is 18.5 Å². The molecule has 2 rings (SSSR count). The van der Waals surface area contributed by atoms with Crippen molar-refractivity contribution < 1.29 is 52.3 Å². The minimum absolute atomic E-state index is 0.162. The van der Waals surface area contributed by atoms with Crippen LogP contribution in [-0.4, -0.2) is 55.6 Å². The van der Waals surface area contributed by atoms with Gasteiger partial charge in [-0.15, -0.1) is 0 Å². The molecule has 0 aromatic heterocycles. The van der Waals surface area contributed by atoms with E-state index in [1.165, 1.54) is 31.4 Å². The standard InChI is InChI=1S/C7H7F.C6H5F.C4H6O6.C4H8O3/c1-6-3-2-4-7(8)5-6;7-6-4-2-1-3-5-6;5-3(6)9-1-2-10-4(7)8;1-3-7-4(5)6-2/h2-5H,1H3;1-5H;1-2H2,(H,5,6)(H,7,8);3H2,1-2H3. The van der Waals surface area contributed by atoms with E-state index in [0.717, 1.165) is 5.56 Å². The van der Waals surface area contributed by atoms with Gasteiger partial charge in [-0.3, -0.25) is 0 Å². The molecule has 32 heavy (non-hydrogen) atoms. The van der Waals surface area contributed by atoms with Gasteiger partial charge >= 0.3 is 18.5 Å². The minimum atomic E-state index is -1.45. The van der Waals surface area contributed by atoms with Crippen molar-refractivity contribution in [1.82, 2.24) is 0 Å². The van der Waals surface area contributed by atoms with Crippen LogP contribution in [0.2, 0.25) is 0 Å². The van der Waals surface area contributed by atoms with Gasteiger partial charge in [0.25, 0.3) is 0 Å². The zero-order chi connectivity index (χ0) is 24.8. The molecule has 0 aliphatic heterocycles. The van der Waals surface area contributed by atoms with Crippen molar-refractivity contribution in [2.75, 3.05) is 26.9 Å². The van der Waals surface area contributed by atoms with Gasteiger partial charge < -0.3 is 29.2 Å². The first-order valence-electron chi connectivity index (χ1n) is 8.97. The number of halogens is 2. The normalized spacial score (nSPS) is 8.53. The van der Waals surface area contributed by atoms with Gasteiger partial charge in [0, 0.05) is 0 Å². The molecule has 2 aromatic carbocycles. The SMILES string of the molecule is CCOC(=O)OC.Cc1cccc(F)c1.Fc1ccccc1.O=C(O)OCCOC(=O)O. The summed E-state index contributed by atoms with van der Waals surface area (Å²) in [4.78, 5) is 29.2. The Bertz CT molecular complexity index is 738. The van der Waals surface area contributed by atoms with Crippen molar-refractivity contribution in [2.45, 2.75) is 13.8 Å². The Balaban J connectivity index is 0. The van der Waals surface area contributed by atoms with Gasteiger partial charge in [-0.1, -0.05) is 30.3 Å². The first-order chi connectivity index (χ1) is 15.1. The molecule has 0 saturated heterocycles. The number of carbonyl (C=O) groups is 3. The van der Waals surface area contributed by atoms with Gasteiger partial charge in [0.1, 0.15) is 24.8 Å². The summed E-state index contributed by atoms with van der Waals surface area (Å²) in [7, 11) is 1.28. The van der Waals surface area contributed by atoms with Crippen molar-refractivity contribution in [3.63, 3.8) is 0 Å². The molecular weight excluding hydrogens is 434 g/mol. The van der Waals surface area contributed by atoms with Crippen LogP contribution in [0.25, 0.3) is 0 Å².